The minimum absolute atomic E-state index is 0.146. The molecule has 1 aromatic heterocycles. The van der Waals surface area contributed by atoms with E-state index >= 15 is 0 Å². The van der Waals surface area contributed by atoms with E-state index < -0.39 is 18.5 Å². The van der Waals surface area contributed by atoms with Crippen molar-refractivity contribution in [2.45, 2.75) is 12.8 Å². The van der Waals surface area contributed by atoms with Crippen LogP contribution in [0.2, 0.25) is 5.02 Å². The van der Waals surface area contributed by atoms with Gasteiger partial charge < -0.3 is 9.64 Å². The quantitative estimate of drug-likeness (QED) is 0.691. The van der Waals surface area contributed by atoms with Gasteiger partial charge in [-0.05, 0) is 6.07 Å². The number of benzene rings is 1. The van der Waals surface area contributed by atoms with Gasteiger partial charge in [0.1, 0.15) is 4.88 Å². The van der Waals surface area contributed by atoms with Gasteiger partial charge in [-0.2, -0.15) is 10.5 Å². The van der Waals surface area contributed by atoms with Gasteiger partial charge >= 0.3 is 5.97 Å². The zero-order chi connectivity index (χ0) is 18.2. The number of hydrogen-bond acceptors (Lipinski definition) is 6. The summed E-state index contributed by atoms with van der Waals surface area (Å²) in [7, 11) is 0. The molecule has 8 heteroatoms. The Kier molecular flexibility index (Phi) is 6.76. The SMILES string of the molecule is N#CCCN(CCC#N)C(=O)COC(=O)c1sc2ccccc2c1Cl. The first kappa shape index (κ1) is 18.7. The maximum Gasteiger partial charge on any atom is 0.350 e. The number of nitrogens with zero attached hydrogens (tertiary/aromatic N) is 3. The summed E-state index contributed by atoms with van der Waals surface area (Å²) in [6.07, 6.45) is 0.292. The highest BCUT2D eigenvalue weighted by atomic mass is 35.5. The molecule has 0 bridgehead atoms. The molecule has 6 nitrogen and oxygen atoms in total. The molecule has 0 spiro atoms. The number of carbonyl (C=O) groups excluding carboxylic acids is 2. The summed E-state index contributed by atoms with van der Waals surface area (Å²) in [5.74, 6) is -1.11. The van der Waals surface area contributed by atoms with Gasteiger partial charge in [-0.1, -0.05) is 29.8 Å². The third-order valence-electron chi connectivity index (χ3n) is 3.39. The second kappa shape index (κ2) is 9.03. The monoisotopic (exact) mass is 375 g/mol. The van der Waals surface area contributed by atoms with Crippen LogP contribution in [0.1, 0.15) is 22.5 Å². The van der Waals surface area contributed by atoms with Gasteiger partial charge in [-0.15, -0.1) is 11.3 Å². The zero-order valence-electron chi connectivity index (χ0n) is 13.2. The van der Waals surface area contributed by atoms with Gasteiger partial charge in [0.25, 0.3) is 5.91 Å². The van der Waals surface area contributed by atoms with Gasteiger partial charge in [0.05, 0.1) is 30.0 Å². The third kappa shape index (κ3) is 4.69. The maximum absolute atomic E-state index is 12.2. The number of esters is 1. The number of thiophene rings is 1. The van der Waals surface area contributed by atoms with Crippen LogP contribution in [0.3, 0.4) is 0 Å². The molecule has 1 amide bonds. The van der Waals surface area contributed by atoms with Crippen LogP contribution in [0.4, 0.5) is 0 Å². The molecule has 1 heterocycles. The minimum Gasteiger partial charge on any atom is -0.451 e. The molecule has 1 aromatic carbocycles. The Bertz CT molecular complexity index is 848. The lowest BCUT2D eigenvalue weighted by Gasteiger charge is -2.19. The highest BCUT2D eigenvalue weighted by Crippen LogP contribution is 2.35. The molecule has 0 aliphatic rings. The Morgan fingerprint density at radius 1 is 1.16 bits per heavy atom. The topological polar surface area (TPSA) is 94.2 Å². The molecular weight excluding hydrogens is 362 g/mol. The van der Waals surface area contributed by atoms with Crippen LogP contribution in [0.25, 0.3) is 10.1 Å². The average Bonchev–Trinajstić information content (AvgIpc) is 2.97. The predicted molar refractivity (Wildman–Crippen MR) is 94.2 cm³/mol. The predicted octanol–water partition coefficient (Wildman–Crippen LogP) is 3.37. The van der Waals surface area contributed by atoms with Gasteiger partial charge in [0.15, 0.2) is 6.61 Å². The van der Waals surface area contributed by atoms with E-state index in [4.69, 9.17) is 26.9 Å². The molecule has 0 N–H and O–H groups in total. The number of fused-ring (bicyclic) bond motifs is 1. The van der Waals surface area contributed by atoms with Crippen molar-refractivity contribution in [2.24, 2.45) is 0 Å². The van der Waals surface area contributed by atoms with Gasteiger partial charge in [-0.3, -0.25) is 4.79 Å². The average molecular weight is 376 g/mol. The third-order valence-corrected chi connectivity index (χ3v) is 5.04. The normalized spacial score (nSPS) is 10.0. The van der Waals surface area contributed by atoms with Crippen LogP contribution in [-0.4, -0.2) is 36.5 Å². The highest BCUT2D eigenvalue weighted by molar-refractivity contribution is 7.21. The molecule has 25 heavy (non-hydrogen) atoms. The first-order chi connectivity index (χ1) is 12.1. The molecule has 0 atom stereocenters. The van der Waals surface area contributed by atoms with Gasteiger partial charge in [0, 0.05) is 23.2 Å². The fraction of sp³-hybridized carbons (Fsp3) is 0.294. The van der Waals surface area contributed by atoms with E-state index in [2.05, 4.69) is 0 Å². The summed E-state index contributed by atoms with van der Waals surface area (Å²) in [6, 6.07) is 11.2. The van der Waals surface area contributed by atoms with E-state index in [1.165, 1.54) is 16.2 Å². The summed E-state index contributed by atoms with van der Waals surface area (Å²) in [5.41, 5.74) is 0. The second-order valence-corrected chi connectivity index (χ2v) is 6.44. The standard InChI is InChI=1S/C17H14ClN3O3S/c18-15-12-5-1-2-6-13(12)25-16(15)17(23)24-11-14(22)21(9-3-7-19)10-4-8-20/h1-2,5-6H,3-4,9-11H2. The summed E-state index contributed by atoms with van der Waals surface area (Å²) >= 11 is 7.41. The van der Waals surface area contributed by atoms with Crippen molar-refractivity contribution in [3.05, 3.63) is 34.2 Å². The number of halogens is 1. The lowest BCUT2D eigenvalue weighted by Crippen LogP contribution is -2.36. The lowest BCUT2D eigenvalue weighted by molar-refractivity contribution is -0.134. The molecule has 0 aliphatic carbocycles. The fourth-order valence-electron chi connectivity index (χ4n) is 2.16. The van der Waals surface area contributed by atoms with Crippen LogP contribution in [0.5, 0.6) is 0 Å². The first-order valence-electron chi connectivity index (χ1n) is 7.44. The summed E-state index contributed by atoms with van der Waals surface area (Å²) in [5, 5.41) is 18.3. The van der Waals surface area contributed by atoms with E-state index in [-0.39, 0.29) is 30.8 Å². The van der Waals surface area contributed by atoms with Crippen molar-refractivity contribution in [1.29, 1.82) is 10.5 Å². The zero-order valence-corrected chi connectivity index (χ0v) is 14.8. The molecule has 2 aromatic rings. The van der Waals surface area contributed by atoms with Crippen molar-refractivity contribution in [1.82, 2.24) is 4.90 Å². The number of ether oxygens (including phenoxy) is 1. The maximum atomic E-state index is 12.2. The Hall–Kier alpha value is -2.61. The molecule has 2 rings (SSSR count). The number of carbonyl (C=O) groups is 2. The lowest BCUT2D eigenvalue weighted by atomic mass is 10.2. The molecule has 0 aliphatic heterocycles. The molecular formula is C17H14ClN3O3S. The summed E-state index contributed by atoms with van der Waals surface area (Å²) < 4.78 is 5.93. The molecule has 128 valence electrons. The van der Waals surface area contributed by atoms with Crippen molar-refractivity contribution in [3.8, 4) is 12.1 Å². The molecule has 0 radical (unpaired) electrons. The fourth-order valence-corrected chi connectivity index (χ4v) is 3.56. The van der Waals surface area contributed by atoms with Crippen molar-refractivity contribution < 1.29 is 14.3 Å². The van der Waals surface area contributed by atoms with E-state index in [0.717, 1.165) is 10.1 Å². The largest absolute Gasteiger partial charge is 0.451 e. The Labute approximate surface area is 153 Å². The van der Waals surface area contributed by atoms with Crippen molar-refractivity contribution in [2.75, 3.05) is 19.7 Å². The Morgan fingerprint density at radius 3 is 2.40 bits per heavy atom. The Morgan fingerprint density at radius 2 is 1.80 bits per heavy atom. The first-order valence-corrected chi connectivity index (χ1v) is 8.63. The van der Waals surface area contributed by atoms with Crippen LogP contribution in [0.15, 0.2) is 24.3 Å². The smallest absolute Gasteiger partial charge is 0.350 e. The van der Waals surface area contributed by atoms with E-state index in [0.29, 0.717) is 5.02 Å². The Balaban J connectivity index is 2.01. The summed E-state index contributed by atoms with van der Waals surface area (Å²) in [4.78, 5) is 26.0. The van der Waals surface area contributed by atoms with Crippen LogP contribution in [-0.2, 0) is 9.53 Å². The molecule has 0 unspecified atom stereocenters. The number of nitriles is 2. The van der Waals surface area contributed by atoms with Crippen molar-refractivity contribution in [3.63, 3.8) is 0 Å². The van der Waals surface area contributed by atoms with Crippen molar-refractivity contribution >= 4 is 44.9 Å². The van der Waals surface area contributed by atoms with Crippen LogP contribution < -0.4 is 0 Å². The molecule has 0 saturated carbocycles. The minimum atomic E-state index is -0.667. The van der Waals surface area contributed by atoms with E-state index in [1.54, 1.807) is 0 Å². The number of amides is 1. The summed E-state index contributed by atoms with van der Waals surface area (Å²) in [6.45, 7) is -0.0727. The van der Waals surface area contributed by atoms with Crippen LogP contribution >= 0.6 is 22.9 Å². The molecule has 0 saturated heterocycles. The van der Waals surface area contributed by atoms with E-state index in [9.17, 15) is 9.59 Å². The van der Waals surface area contributed by atoms with Gasteiger partial charge in [0.2, 0.25) is 0 Å². The second-order valence-electron chi connectivity index (χ2n) is 5.01. The molecule has 0 fully saturated rings. The highest BCUT2D eigenvalue weighted by Gasteiger charge is 2.21. The number of hydrogen-bond donors (Lipinski definition) is 0. The van der Waals surface area contributed by atoms with E-state index in [1.807, 2.05) is 36.4 Å². The van der Waals surface area contributed by atoms with Gasteiger partial charge in [-0.25, -0.2) is 4.79 Å². The number of rotatable bonds is 7. The van der Waals surface area contributed by atoms with Crippen LogP contribution in [0, 0.1) is 22.7 Å².